The van der Waals surface area contributed by atoms with Crippen LogP contribution in [0.2, 0.25) is 0 Å². The fourth-order valence-electron chi connectivity index (χ4n) is 1.41. The van der Waals surface area contributed by atoms with Crippen molar-refractivity contribution in [1.82, 2.24) is 5.32 Å². The molecule has 0 saturated heterocycles. The zero-order valence-electron chi connectivity index (χ0n) is 10.8. The molecular formula is C11H17NO6. The number of ketones is 1. The van der Waals surface area contributed by atoms with Gasteiger partial charge in [0.25, 0.3) is 0 Å². The highest BCUT2D eigenvalue weighted by molar-refractivity contribution is 5.98. The average Bonchev–Trinajstić information content (AvgIpc) is 2.31. The Balaban J connectivity index is 4.91. The van der Waals surface area contributed by atoms with E-state index in [4.69, 9.17) is 0 Å². The van der Waals surface area contributed by atoms with Gasteiger partial charge in [-0.15, -0.1) is 0 Å². The van der Waals surface area contributed by atoms with Crippen molar-refractivity contribution in [2.45, 2.75) is 26.3 Å². The molecule has 0 aromatic heterocycles. The van der Waals surface area contributed by atoms with E-state index in [1.807, 2.05) is 0 Å². The fourth-order valence-corrected chi connectivity index (χ4v) is 1.41. The quantitative estimate of drug-likeness (QED) is 0.506. The third-order valence-corrected chi connectivity index (χ3v) is 2.31. The lowest BCUT2D eigenvalue weighted by atomic mass is 9.96. The number of rotatable bonds is 6. The Hall–Kier alpha value is -1.92. The normalized spacial score (nSPS) is 13.1. The number of nitrogens with one attached hydrogen (secondary N) is 1. The highest BCUT2D eigenvalue weighted by Gasteiger charge is 2.32. The highest BCUT2D eigenvalue weighted by Crippen LogP contribution is 2.11. The molecule has 2 atom stereocenters. The molecule has 0 aliphatic heterocycles. The van der Waals surface area contributed by atoms with E-state index in [1.165, 1.54) is 13.8 Å². The summed E-state index contributed by atoms with van der Waals surface area (Å²) < 4.78 is 8.96. The molecule has 0 radical (unpaired) electrons. The number of carbonyl (C=O) groups is 4. The summed E-state index contributed by atoms with van der Waals surface area (Å²) in [6, 6.07) is -1.06. The molecule has 0 bridgehead atoms. The predicted octanol–water partition coefficient (Wildman–Crippen LogP) is -0.568. The highest BCUT2D eigenvalue weighted by atomic mass is 16.5. The molecule has 0 saturated carbocycles. The van der Waals surface area contributed by atoms with Gasteiger partial charge in [0.1, 0.15) is 17.7 Å². The molecule has 0 rings (SSSR count). The van der Waals surface area contributed by atoms with Crippen molar-refractivity contribution in [1.29, 1.82) is 0 Å². The number of amides is 1. The lowest BCUT2D eigenvalue weighted by molar-refractivity contribution is -0.151. The van der Waals surface area contributed by atoms with Gasteiger partial charge in [-0.1, -0.05) is 0 Å². The van der Waals surface area contributed by atoms with E-state index < -0.39 is 35.6 Å². The molecule has 0 heterocycles. The van der Waals surface area contributed by atoms with Crippen LogP contribution in [0.3, 0.4) is 0 Å². The van der Waals surface area contributed by atoms with Gasteiger partial charge in [-0.2, -0.15) is 0 Å². The zero-order valence-corrected chi connectivity index (χ0v) is 10.8. The molecule has 1 amide bonds. The van der Waals surface area contributed by atoms with Gasteiger partial charge < -0.3 is 14.8 Å². The van der Waals surface area contributed by atoms with E-state index in [0.29, 0.717) is 0 Å². The molecule has 18 heavy (non-hydrogen) atoms. The number of methoxy groups -OCH3 is 2. The minimum Gasteiger partial charge on any atom is -0.468 e. The standard InChI is InChI=1S/C11H17NO6/c1-6(13)8(10(15)17-3)5-9(11(16)18-4)12-7(2)14/h8-9H,5H2,1-4H3,(H,12,14)/t8?,9-/m0/s1. The number of Topliss-reactive ketones (excluding diaryl/α,β-unsaturated/α-hetero) is 1. The van der Waals surface area contributed by atoms with Crippen LogP contribution in [0, 0.1) is 5.92 Å². The topological polar surface area (TPSA) is 98.8 Å². The summed E-state index contributed by atoms with van der Waals surface area (Å²) in [5.41, 5.74) is 0. The van der Waals surface area contributed by atoms with Gasteiger partial charge in [0.05, 0.1) is 14.2 Å². The molecule has 0 aliphatic carbocycles. The minimum absolute atomic E-state index is 0.186. The Labute approximate surface area is 105 Å². The first-order valence-electron chi connectivity index (χ1n) is 5.26. The maximum absolute atomic E-state index is 11.4. The summed E-state index contributed by atoms with van der Waals surface area (Å²) >= 11 is 0. The summed E-state index contributed by atoms with van der Waals surface area (Å²) in [5.74, 6) is -3.48. The second kappa shape index (κ2) is 7.41. The number of esters is 2. The van der Waals surface area contributed by atoms with Gasteiger partial charge >= 0.3 is 11.9 Å². The summed E-state index contributed by atoms with van der Waals surface area (Å²) in [6.45, 7) is 2.43. The molecule has 1 unspecified atom stereocenters. The van der Waals surface area contributed by atoms with E-state index in [0.717, 1.165) is 14.2 Å². The SMILES string of the molecule is COC(=O)C(C[C@H](NC(C)=O)C(=O)OC)C(C)=O. The lowest BCUT2D eigenvalue weighted by Gasteiger charge is -2.19. The Morgan fingerprint density at radius 3 is 1.83 bits per heavy atom. The van der Waals surface area contributed by atoms with Gasteiger partial charge in [0.2, 0.25) is 5.91 Å². The average molecular weight is 259 g/mol. The Morgan fingerprint density at radius 2 is 1.50 bits per heavy atom. The number of hydrogen-bond donors (Lipinski definition) is 1. The summed E-state index contributed by atoms with van der Waals surface area (Å²) in [7, 11) is 2.29. The largest absolute Gasteiger partial charge is 0.468 e. The second-order valence-corrected chi connectivity index (χ2v) is 3.70. The van der Waals surface area contributed by atoms with Crippen LogP contribution in [0.4, 0.5) is 0 Å². The second-order valence-electron chi connectivity index (χ2n) is 3.70. The number of carbonyl (C=O) groups excluding carboxylic acids is 4. The van der Waals surface area contributed by atoms with Crippen molar-refractivity contribution in [3.63, 3.8) is 0 Å². The molecule has 0 spiro atoms. The number of hydrogen-bond acceptors (Lipinski definition) is 6. The van der Waals surface area contributed by atoms with Crippen LogP contribution in [0.15, 0.2) is 0 Å². The molecule has 0 aromatic rings. The minimum atomic E-state index is -1.11. The van der Waals surface area contributed by atoms with Gasteiger partial charge in [0.15, 0.2) is 0 Å². The zero-order chi connectivity index (χ0) is 14.3. The molecule has 0 aromatic carbocycles. The van der Waals surface area contributed by atoms with Crippen molar-refractivity contribution in [2.75, 3.05) is 14.2 Å². The van der Waals surface area contributed by atoms with Crippen LogP contribution in [0.1, 0.15) is 20.3 Å². The third-order valence-electron chi connectivity index (χ3n) is 2.31. The Bertz CT molecular complexity index is 351. The first-order valence-corrected chi connectivity index (χ1v) is 5.26. The summed E-state index contributed by atoms with van der Waals surface area (Å²) in [6.07, 6.45) is -0.186. The molecule has 0 aliphatic rings. The van der Waals surface area contributed by atoms with Crippen molar-refractivity contribution >= 4 is 23.6 Å². The van der Waals surface area contributed by atoms with Crippen molar-refractivity contribution in [3.05, 3.63) is 0 Å². The molecule has 7 nitrogen and oxygen atoms in total. The van der Waals surface area contributed by atoms with Gasteiger partial charge in [-0.05, 0) is 13.3 Å². The Kier molecular flexibility index (Phi) is 6.62. The van der Waals surface area contributed by atoms with E-state index in [1.54, 1.807) is 0 Å². The predicted molar refractivity (Wildman–Crippen MR) is 60.4 cm³/mol. The lowest BCUT2D eigenvalue weighted by Crippen LogP contribution is -2.44. The molecular weight excluding hydrogens is 242 g/mol. The van der Waals surface area contributed by atoms with Crippen molar-refractivity contribution < 1.29 is 28.7 Å². The van der Waals surface area contributed by atoms with Crippen LogP contribution in [-0.2, 0) is 28.7 Å². The maximum Gasteiger partial charge on any atom is 0.328 e. The molecule has 102 valence electrons. The monoisotopic (exact) mass is 259 g/mol. The summed E-state index contributed by atoms with van der Waals surface area (Å²) in [4.78, 5) is 45.1. The van der Waals surface area contributed by atoms with Crippen LogP contribution in [-0.4, -0.2) is 43.9 Å². The van der Waals surface area contributed by atoms with Crippen LogP contribution in [0.5, 0.6) is 0 Å². The van der Waals surface area contributed by atoms with E-state index in [9.17, 15) is 19.2 Å². The fraction of sp³-hybridized carbons (Fsp3) is 0.636. The Morgan fingerprint density at radius 1 is 1.00 bits per heavy atom. The van der Waals surface area contributed by atoms with Crippen LogP contribution >= 0.6 is 0 Å². The van der Waals surface area contributed by atoms with Crippen molar-refractivity contribution in [3.8, 4) is 0 Å². The third kappa shape index (κ3) is 4.94. The van der Waals surface area contributed by atoms with Crippen LogP contribution < -0.4 is 5.32 Å². The summed E-state index contributed by atoms with van der Waals surface area (Å²) in [5, 5.41) is 2.32. The van der Waals surface area contributed by atoms with Gasteiger partial charge in [-0.3, -0.25) is 14.4 Å². The van der Waals surface area contributed by atoms with Gasteiger partial charge in [0, 0.05) is 6.92 Å². The van der Waals surface area contributed by atoms with E-state index >= 15 is 0 Å². The smallest absolute Gasteiger partial charge is 0.328 e. The van der Waals surface area contributed by atoms with Crippen LogP contribution in [0.25, 0.3) is 0 Å². The first kappa shape index (κ1) is 16.1. The van der Waals surface area contributed by atoms with E-state index in [-0.39, 0.29) is 6.42 Å². The molecule has 7 heteroatoms. The molecule has 1 N–H and O–H groups in total. The van der Waals surface area contributed by atoms with E-state index in [2.05, 4.69) is 14.8 Å². The first-order chi connectivity index (χ1) is 8.33. The maximum atomic E-state index is 11.4. The van der Waals surface area contributed by atoms with Gasteiger partial charge in [-0.25, -0.2) is 4.79 Å². The molecule has 0 fully saturated rings. The van der Waals surface area contributed by atoms with Crippen molar-refractivity contribution in [2.24, 2.45) is 5.92 Å². The number of ether oxygens (including phenoxy) is 2.